The fraction of sp³-hybridized carbons (Fsp3) is 0.900. The van der Waals surface area contributed by atoms with Crippen molar-refractivity contribution in [1.82, 2.24) is 10.6 Å². The Balaban J connectivity index is 2.25. The van der Waals surface area contributed by atoms with E-state index in [4.69, 9.17) is 10.2 Å². The molecule has 4 N–H and O–H groups in total. The van der Waals surface area contributed by atoms with Gasteiger partial charge in [-0.15, -0.1) is 0 Å². The lowest BCUT2D eigenvalue weighted by Gasteiger charge is -2.16. The van der Waals surface area contributed by atoms with Crippen molar-refractivity contribution in [2.24, 2.45) is 0 Å². The Hall–Kier alpha value is -0.650. The maximum Gasteiger partial charge on any atom is 0.237 e. The number of nitrogens with one attached hydrogen (secondary N) is 2. The van der Waals surface area contributed by atoms with E-state index in [1.807, 2.05) is 0 Å². The number of carbonyl (C=O) groups excluding carboxylic acids is 1. The first-order valence-electron chi connectivity index (χ1n) is 5.54. The van der Waals surface area contributed by atoms with Crippen LogP contribution in [0.4, 0.5) is 0 Å². The Kier molecular flexibility index (Phi) is 5.60. The van der Waals surface area contributed by atoms with Crippen LogP contribution in [0.15, 0.2) is 0 Å². The van der Waals surface area contributed by atoms with Crippen LogP contribution >= 0.6 is 0 Å². The number of hydrogen-bond donors (Lipinski definition) is 4. The highest BCUT2D eigenvalue weighted by Crippen LogP contribution is 2.08. The molecule has 2 unspecified atom stereocenters. The summed E-state index contributed by atoms with van der Waals surface area (Å²) >= 11 is 0. The van der Waals surface area contributed by atoms with Crippen LogP contribution in [0.1, 0.15) is 25.7 Å². The molecule has 0 aliphatic carbocycles. The van der Waals surface area contributed by atoms with Crippen LogP contribution in [-0.4, -0.2) is 48.0 Å². The van der Waals surface area contributed by atoms with E-state index < -0.39 is 6.10 Å². The number of aliphatic hydroxyl groups is 2. The van der Waals surface area contributed by atoms with Gasteiger partial charge in [-0.2, -0.15) is 0 Å². The molecule has 1 heterocycles. The molecular weight excluding hydrogens is 196 g/mol. The van der Waals surface area contributed by atoms with Crippen molar-refractivity contribution in [3.63, 3.8) is 0 Å². The Morgan fingerprint density at radius 2 is 2.27 bits per heavy atom. The zero-order valence-electron chi connectivity index (χ0n) is 8.91. The minimum absolute atomic E-state index is 0.0793. The summed E-state index contributed by atoms with van der Waals surface area (Å²) in [6, 6.07) is -0.140. The molecule has 1 amide bonds. The third kappa shape index (κ3) is 4.59. The first kappa shape index (κ1) is 12.4. The third-order valence-corrected chi connectivity index (χ3v) is 2.60. The summed E-state index contributed by atoms with van der Waals surface area (Å²) in [5.41, 5.74) is 0. The van der Waals surface area contributed by atoms with Gasteiger partial charge in [0.05, 0.1) is 18.8 Å². The van der Waals surface area contributed by atoms with E-state index in [9.17, 15) is 4.79 Å². The largest absolute Gasteiger partial charge is 0.394 e. The number of rotatable bonds is 4. The topological polar surface area (TPSA) is 81.6 Å². The fourth-order valence-electron chi connectivity index (χ4n) is 1.66. The summed E-state index contributed by atoms with van der Waals surface area (Å²) in [6.45, 7) is 0.673. The van der Waals surface area contributed by atoms with Crippen molar-refractivity contribution in [3.05, 3.63) is 0 Å². The molecule has 1 fully saturated rings. The molecule has 5 nitrogen and oxygen atoms in total. The zero-order valence-corrected chi connectivity index (χ0v) is 8.91. The maximum atomic E-state index is 11.6. The summed E-state index contributed by atoms with van der Waals surface area (Å²) < 4.78 is 0. The van der Waals surface area contributed by atoms with Crippen molar-refractivity contribution in [2.75, 3.05) is 19.7 Å². The Bertz CT molecular complexity index is 191. The van der Waals surface area contributed by atoms with Gasteiger partial charge in [0, 0.05) is 6.54 Å². The fourth-order valence-corrected chi connectivity index (χ4v) is 1.66. The van der Waals surface area contributed by atoms with Crippen LogP contribution in [0, 0.1) is 0 Å². The average molecular weight is 216 g/mol. The van der Waals surface area contributed by atoms with E-state index in [2.05, 4.69) is 10.6 Å². The molecule has 1 aliphatic rings. The Morgan fingerprint density at radius 3 is 3.00 bits per heavy atom. The van der Waals surface area contributed by atoms with Crippen molar-refractivity contribution < 1.29 is 15.0 Å². The predicted octanol–water partition coefficient (Wildman–Crippen LogP) is -1.01. The van der Waals surface area contributed by atoms with Gasteiger partial charge in [0.2, 0.25) is 5.91 Å². The van der Waals surface area contributed by atoms with Crippen molar-refractivity contribution >= 4 is 5.91 Å². The highest BCUT2D eigenvalue weighted by molar-refractivity contribution is 5.81. The quantitative estimate of drug-likeness (QED) is 0.485. The van der Waals surface area contributed by atoms with E-state index in [-0.39, 0.29) is 25.1 Å². The molecule has 15 heavy (non-hydrogen) atoms. The number of carbonyl (C=O) groups is 1. The normalized spacial score (nSPS) is 24.3. The molecule has 0 aromatic carbocycles. The van der Waals surface area contributed by atoms with E-state index in [1.165, 1.54) is 0 Å². The molecule has 0 radical (unpaired) electrons. The van der Waals surface area contributed by atoms with Crippen molar-refractivity contribution in [3.8, 4) is 0 Å². The third-order valence-electron chi connectivity index (χ3n) is 2.60. The molecular formula is C10H20N2O3. The van der Waals surface area contributed by atoms with Crippen LogP contribution in [0.5, 0.6) is 0 Å². The molecule has 0 aromatic heterocycles. The number of hydrogen-bond acceptors (Lipinski definition) is 4. The summed E-state index contributed by atoms with van der Waals surface area (Å²) in [5, 5.41) is 23.4. The van der Waals surface area contributed by atoms with Gasteiger partial charge in [-0.1, -0.05) is 12.8 Å². The minimum atomic E-state index is -0.861. The minimum Gasteiger partial charge on any atom is -0.394 e. The highest BCUT2D eigenvalue weighted by atomic mass is 16.3. The highest BCUT2D eigenvalue weighted by Gasteiger charge is 2.19. The molecule has 0 aromatic rings. The second kappa shape index (κ2) is 6.76. The van der Waals surface area contributed by atoms with E-state index in [0.29, 0.717) is 0 Å². The average Bonchev–Trinajstić information content (AvgIpc) is 2.53. The first-order chi connectivity index (χ1) is 7.24. The van der Waals surface area contributed by atoms with E-state index >= 15 is 0 Å². The zero-order chi connectivity index (χ0) is 11.1. The van der Waals surface area contributed by atoms with Gasteiger partial charge < -0.3 is 20.8 Å². The van der Waals surface area contributed by atoms with Gasteiger partial charge in [0.25, 0.3) is 0 Å². The Morgan fingerprint density at radius 1 is 1.47 bits per heavy atom. The van der Waals surface area contributed by atoms with Crippen LogP contribution in [0.2, 0.25) is 0 Å². The lowest BCUT2D eigenvalue weighted by atomic mass is 10.1. The number of aliphatic hydroxyl groups excluding tert-OH is 2. The summed E-state index contributed by atoms with van der Waals surface area (Å²) in [6.07, 6.45) is 3.33. The molecule has 1 saturated heterocycles. The second-order valence-electron chi connectivity index (χ2n) is 3.94. The van der Waals surface area contributed by atoms with Gasteiger partial charge in [-0.05, 0) is 19.4 Å². The van der Waals surface area contributed by atoms with Gasteiger partial charge in [0.1, 0.15) is 0 Å². The molecule has 1 aliphatic heterocycles. The summed E-state index contributed by atoms with van der Waals surface area (Å²) in [4.78, 5) is 11.6. The van der Waals surface area contributed by atoms with Crippen molar-refractivity contribution in [1.29, 1.82) is 0 Å². The van der Waals surface area contributed by atoms with E-state index in [1.54, 1.807) is 0 Å². The van der Waals surface area contributed by atoms with Crippen LogP contribution in [-0.2, 0) is 4.79 Å². The Labute approximate surface area is 89.9 Å². The van der Waals surface area contributed by atoms with Crippen LogP contribution < -0.4 is 10.6 Å². The molecule has 0 bridgehead atoms. The lowest BCUT2D eigenvalue weighted by Crippen LogP contribution is -2.46. The van der Waals surface area contributed by atoms with Gasteiger partial charge in [-0.3, -0.25) is 4.79 Å². The molecule has 88 valence electrons. The first-order valence-corrected chi connectivity index (χ1v) is 5.54. The van der Waals surface area contributed by atoms with Crippen LogP contribution in [0.3, 0.4) is 0 Å². The summed E-state index contributed by atoms with van der Waals surface area (Å²) in [5.74, 6) is -0.0793. The van der Waals surface area contributed by atoms with Crippen LogP contribution in [0.25, 0.3) is 0 Å². The maximum absolute atomic E-state index is 11.6. The molecule has 0 saturated carbocycles. The number of amides is 1. The van der Waals surface area contributed by atoms with E-state index in [0.717, 1.165) is 32.2 Å². The van der Waals surface area contributed by atoms with Gasteiger partial charge in [-0.25, -0.2) is 0 Å². The van der Waals surface area contributed by atoms with Crippen molar-refractivity contribution in [2.45, 2.75) is 37.8 Å². The molecule has 1 rings (SSSR count). The molecule has 0 spiro atoms. The van der Waals surface area contributed by atoms with Gasteiger partial charge in [0.15, 0.2) is 0 Å². The smallest absolute Gasteiger partial charge is 0.237 e. The predicted molar refractivity (Wildman–Crippen MR) is 56.4 cm³/mol. The molecule has 2 atom stereocenters. The SMILES string of the molecule is O=C(NCC(O)CO)C1CCCCCN1. The standard InChI is InChI=1S/C10H20N2O3/c13-7-8(14)6-12-10(15)9-4-2-1-3-5-11-9/h8-9,11,13-14H,1-7H2,(H,12,15). The lowest BCUT2D eigenvalue weighted by molar-refractivity contribution is -0.123. The monoisotopic (exact) mass is 216 g/mol. The summed E-state index contributed by atoms with van der Waals surface area (Å²) in [7, 11) is 0. The van der Waals surface area contributed by atoms with Gasteiger partial charge >= 0.3 is 0 Å². The second-order valence-corrected chi connectivity index (χ2v) is 3.94. The molecule has 5 heteroatoms.